The highest BCUT2D eigenvalue weighted by molar-refractivity contribution is 6.08. The zero-order valence-electron chi connectivity index (χ0n) is 29.1. The van der Waals surface area contributed by atoms with Crippen molar-refractivity contribution in [3.05, 3.63) is 191 Å². The molecule has 5 atom stereocenters. The van der Waals surface area contributed by atoms with Gasteiger partial charge in [-0.2, -0.15) is 0 Å². The van der Waals surface area contributed by atoms with Crippen molar-refractivity contribution in [1.82, 2.24) is 14.9 Å². The van der Waals surface area contributed by atoms with Crippen LogP contribution in [0.4, 0.5) is 0 Å². The van der Waals surface area contributed by atoms with Crippen molar-refractivity contribution < 1.29 is 24.2 Å². The molecule has 1 aliphatic heterocycles. The van der Waals surface area contributed by atoms with Gasteiger partial charge >= 0.3 is 5.97 Å². The number of carbonyl (C=O) groups is 3. The number of fused-ring (bicyclic) bond motifs is 5. The van der Waals surface area contributed by atoms with Crippen LogP contribution >= 0.6 is 0 Å². The molecule has 3 aromatic carbocycles. The Morgan fingerprint density at radius 3 is 2.15 bits per heavy atom. The average molecular weight is 700 g/mol. The Balaban J connectivity index is 1.18. The van der Waals surface area contributed by atoms with Gasteiger partial charge in [0.1, 0.15) is 6.61 Å². The smallest absolute Gasteiger partial charge is 0.330 e. The van der Waals surface area contributed by atoms with Gasteiger partial charge in [0, 0.05) is 35.9 Å². The number of benzene rings is 3. The van der Waals surface area contributed by atoms with Crippen LogP contribution in [0.15, 0.2) is 157 Å². The Morgan fingerprint density at radius 1 is 0.811 bits per heavy atom. The zero-order valence-corrected chi connectivity index (χ0v) is 29.1. The number of esters is 1. The molecular weight excluding hydrogens is 663 g/mol. The predicted octanol–water partition coefficient (Wildman–Crippen LogP) is 6.57. The molecule has 53 heavy (non-hydrogen) atoms. The van der Waals surface area contributed by atoms with Gasteiger partial charge in [-0.05, 0) is 65.1 Å². The normalized spacial score (nSPS) is 22.5. The third kappa shape index (κ3) is 6.01. The second kappa shape index (κ2) is 14.1. The van der Waals surface area contributed by atoms with Gasteiger partial charge in [0.15, 0.2) is 5.60 Å². The Labute approximate surface area is 307 Å². The van der Waals surface area contributed by atoms with E-state index in [2.05, 4.69) is 4.98 Å². The number of aromatic nitrogens is 2. The number of allylic oxidation sites excluding steroid dienone is 2. The summed E-state index contributed by atoms with van der Waals surface area (Å²) in [6.45, 7) is 1.78. The maximum absolute atomic E-state index is 14.6. The molecule has 1 saturated carbocycles. The van der Waals surface area contributed by atoms with E-state index in [-0.39, 0.29) is 25.0 Å². The minimum atomic E-state index is -1.71. The molecule has 1 saturated heterocycles. The molecule has 8 heteroatoms. The quantitative estimate of drug-likeness (QED) is 0.0761. The summed E-state index contributed by atoms with van der Waals surface area (Å²) in [5.74, 6) is -3.90. The number of ether oxygens (including phenoxy) is 1. The number of carbonyl (C=O) groups excluding carboxylic acids is 3. The molecule has 1 unspecified atom stereocenters. The van der Waals surface area contributed by atoms with Crippen molar-refractivity contribution in [1.29, 1.82) is 0 Å². The second-order valence-corrected chi connectivity index (χ2v) is 13.6. The van der Waals surface area contributed by atoms with Crippen molar-refractivity contribution in [2.75, 3.05) is 13.2 Å². The van der Waals surface area contributed by atoms with Gasteiger partial charge in [0.2, 0.25) is 11.8 Å². The molecule has 2 fully saturated rings. The fourth-order valence-electron chi connectivity index (χ4n) is 8.26. The first kappa shape index (κ1) is 33.9. The zero-order chi connectivity index (χ0) is 36.5. The summed E-state index contributed by atoms with van der Waals surface area (Å²) in [7, 11) is 0. The lowest BCUT2D eigenvalue weighted by atomic mass is 9.71. The van der Waals surface area contributed by atoms with Crippen LogP contribution in [-0.2, 0) is 24.7 Å². The number of aryl methyl sites for hydroxylation is 1. The van der Waals surface area contributed by atoms with Gasteiger partial charge in [0.05, 0.1) is 29.8 Å². The number of imide groups is 1. The van der Waals surface area contributed by atoms with Gasteiger partial charge in [-0.1, -0.05) is 109 Å². The standard InChI is InChI=1S/C45H37N3O5/c1-29-18-20-30(21-19-29)22-23-37(49)53-27-26-48-43(50)40-33-28-34(45(52,32-14-6-3-7-15-32)36-17-9-11-25-47-36)41(42(40)44(48)51)39(33)38(31-12-4-2-5-13-31)35-16-8-10-24-46-35/h2-25,28,33,40-42,52H,26-27H2,1H3/b23-22+,39-38?/t33-,40-,41+,42-,45?/m0/s1. The van der Waals surface area contributed by atoms with Crippen molar-refractivity contribution >= 4 is 29.4 Å². The highest BCUT2D eigenvalue weighted by atomic mass is 16.5. The lowest BCUT2D eigenvalue weighted by molar-refractivity contribution is -0.145. The van der Waals surface area contributed by atoms with Crippen molar-refractivity contribution in [2.24, 2.45) is 23.7 Å². The maximum Gasteiger partial charge on any atom is 0.330 e. The average Bonchev–Trinajstić information content (AvgIpc) is 3.82. The molecule has 3 heterocycles. The predicted molar refractivity (Wildman–Crippen MR) is 200 cm³/mol. The van der Waals surface area contributed by atoms with E-state index in [0.29, 0.717) is 22.5 Å². The van der Waals surface area contributed by atoms with Gasteiger partial charge < -0.3 is 9.84 Å². The number of nitrogens with zero attached hydrogens (tertiary/aromatic N) is 3. The molecule has 2 amide bonds. The number of amides is 2. The van der Waals surface area contributed by atoms with Gasteiger partial charge in [-0.25, -0.2) is 4.79 Å². The lowest BCUT2D eigenvalue weighted by Gasteiger charge is -2.36. The van der Waals surface area contributed by atoms with Crippen molar-refractivity contribution in [2.45, 2.75) is 12.5 Å². The van der Waals surface area contributed by atoms with E-state index in [1.807, 2.05) is 122 Å². The molecular formula is C45H37N3O5. The topological polar surface area (TPSA) is 110 Å². The van der Waals surface area contributed by atoms with Crippen LogP contribution in [0.5, 0.6) is 0 Å². The number of likely N-dealkylation sites (tertiary alicyclic amines) is 1. The molecule has 5 aromatic rings. The maximum atomic E-state index is 14.6. The summed E-state index contributed by atoms with van der Waals surface area (Å²) in [6, 6.07) is 38.0. The molecule has 0 spiro atoms. The summed E-state index contributed by atoms with van der Waals surface area (Å²) in [5, 5.41) is 13.1. The fourth-order valence-corrected chi connectivity index (χ4v) is 8.26. The number of hydrogen-bond acceptors (Lipinski definition) is 7. The van der Waals surface area contributed by atoms with E-state index in [9.17, 15) is 19.5 Å². The number of pyridine rings is 2. The Bertz CT molecular complexity index is 2170. The molecule has 2 bridgehead atoms. The third-order valence-electron chi connectivity index (χ3n) is 10.6. The van der Waals surface area contributed by atoms with E-state index >= 15 is 0 Å². The highest BCUT2D eigenvalue weighted by Gasteiger charge is 2.66. The summed E-state index contributed by atoms with van der Waals surface area (Å²) < 4.78 is 5.45. The largest absolute Gasteiger partial charge is 0.461 e. The molecule has 8 nitrogen and oxygen atoms in total. The van der Waals surface area contributed by atoms with E-state index in [0.717, 1.165) is 27.8 Å². The molecule has 3 aliphatic rings. The first-order valence-corrected chi connectivity index (χ1v) is 17.8. The number of rotatable bonds is 10. The van der Waals surface area contributed by atoms with E-state index in [4.69, 9.17) is 9.72 Å². The summed E-state index contributed by atoms with van der Waals surface area (Å²) >= 11 is 0. The van der Waals surface area contributed by atoms with Crippen molar-refractivity contribution in [3.8, 4) is 0 Å². The summed E-state index contributed by atoms with van der Waals surface area (Å²) in [5.41, 5.74) is 5.20. The van der Waals surface area contributed by atoms with Gasteiger partial charge in [0.25, 0.3) is 0 Å². The monoisotopic (exact) mass is 699 g/mol. The number of hydrogen-bond donors (Lipinski definition) is 1. The second-order valence-electron chi connectivity index (χ2n) is 13.6. The van der Waals surface area contributed by atoms with Crippen molar-refractivity contribution in [3.63, 3.8) is 0 Å². The van der Waals surface area contributed by atoms with Gasteiger partial charge in [-0.15, -0.1) is 0 Å². The van der Waals surface area contributed by atoms with E-state index in [1.54, 1.807) is 30.6 Å². The van der Waals surface area contributed by atoms with Crippen LogP contribution in [0.2, 0.25) is 0 Å². The molecule has 2 aromatic heterocycles. The molecule has 8 rings (SSSR count). The van der Waals surface area contributed by atoms with Crippen LogP contribution in [-0.4, -0.2) is 50.9 Å². The molecule has 2 aliphatic carbocycles. The highest BCUT2D eigenvalue weighted by Crippen LogP contribution is 2.64. The first-order chi connectivity index (χ1) is 25.9. The van der Waals surface area contributed by atoms with Crippen LogP contribution in [0.1, 0.15) is 33.6 Å². The van der Waals surface area contributed by atoms with Crippen LogP contribution in [0.25, 0.3) is 11.6 Å². The lowest BCUT2D eigenvalue weighted by Crippen LogP contribution is -2.39. The summed E-state index contributed by atoms with van der Waals surface area (Å²) in [4.78, 5) is 52.1. The third-order valence-corrected chi connectivity index (χ3v) is 10.6. The molecule has 262 valence electrons. The van der Waals surface area contributed by atoms with E-state index in [1.165, 1.54) is 11.0 Å². The van der Waals surface area contributed by atoms with Crippen LogP contribution in [0, 0.1) is 30.6 Å². The van der Waals surface area contributed by atoms with Gasteiger partial charge in [-0.3, -0.25) is 24.5 Å². The van der Waals surface area contributed by atoms with Crippen LogP contribution in [0.3, 0.4) is 0 Å². The Morgan fingerprint density at radius 2 is 1.47 bits per heavy atom. The minimum Gasteiger partial charge on any atom is -0.461 e. The minimum absolute atomic E-state index is 0.0718. The van der Waals surface area contributed by atoms with E-state index < -0.39 is 35.2 Å². The SMILES string of the molecule is Cc1ccc(/C=C/C(=O)OCCN2C(=O)[C@@H]3[C@@H]4C(C(O)(c5ccccc5)c5ccccn5)=C[C@@H](C4=C(c4ccccc4)c4ccccn4)[C@@H]3C2=O)cc1. The molecule has 1 N–H and O–H groups in total. The first-order valence-electron chi connectivity index (χ1n) is 17.8. The van der Waals surface area contributed by atoms with Crippen LogP contribution < -0.4 is 0 Å². The molecule has 0 radical (unpaired) electrons. The Kier molecular flexibility index (Phi) is 8.98. The fraction of sp³-hybridized carbons (Fsp3) is 0.178. The summed E-state index contributed by atoms with van der Waals surface area (Å²) in [6.07, 6.45) is 8.36. The number of aliphatic hydroxyl groups is 1. The Hall–Kier alpha value is -6.25.